The van der Waals surface area contributed by atoms with E-state index in [1.54, 1.807) is 11.3 Å². The number of fused-ring (bicyclic) bond motifs is 2. The van der Waals surface area contributed by atoms with Gasteiger partial charge in [0.25, 0.3) is 0 Å². The van der Waals surface area contributed by atoms with Crippen LogP contribution in [-0.4, -0.2) is 10.7 Å². The van der Waals surface area contributed by atoms with Crippen LogP contribution >= 0.6 is 23.1 Å². The number of aryl methyl sites for hydroxylation is 1. The highest BCUT2D eigenvalue weighted by Gasteiger charge is 2.28. The third-order valence-electron chi connectivity index (χ3n) is 3.80. The number of thiazole rings is 1. The Morgan fingerprint density at radius 1 is 1.30 bits per heavy atom. The molecule has 2 heterocycles. The molecule has 104 valence electrons. The molecule has 0 amide bonds. The molecule has 1 aliphatic heterocycles. The van der Waals surface area contributed by atoms with Crippen molar-refractivity contribution in [3.8, 4) is 5.75 Å². The summed E-state index contributed by atoms with van der Waals surface area (Å²) < 4.78 is 6.12. The summed E-state index contributed by atoms with van der Waals surface area (Å²) in [5, 5.41) is 1.09. The number of nitrogens with zero attached hydrogens (tertiary/aromatic N) is 1. The number of aromatic nitrogens is 1. The number of rotatable bonds is 1. The van der Waals surface area contributed by atoms with Crippen molar-refractivity contribution in [2.75, 3.05) is 5.75 Å². The van der Waals surface area contributed by atoms with E-state index in [4.69, 9.17) is 15.5 Å². The van der Waals surface area contributed by atoms with Gasteiger partial charge in [-0.15, -0.1) is 23.1 Å². The Morgan fingerprint density at radius 2 is 2.20 bits per heavy atom. The number of hydrogen-bond acceptors (Lipinski definition) is 5. The van der Waals surface area contributed by atoms with Crippen molar-refractivity contribution in [1.29, 1.82) is 0 Å². The molecule has 0 saturated heterocycles. The first-order chi connectivity index (χ1) is 9.81. The van der Waals surface area contributed by atoms with Gasteiger partial charge in [0, 0.05) is 21.6 Å². The Bertz CT molecular complexity index is 641. The van der Waals surface area contributed by atoms with E-state index in [1.807, 2.05) is 23.9 Å². The highest BCUT2D eigenvalue weighted by Crippen LogP contribution is 2.42. The van der Waals surface area contributed by atoms with Gasteiger partial charge in [0.05, 0.1) is 5.69 Å². The highest BCUT2D eigenvalue weighted by molar-refractivity contribution is 7.99. The molecule has 0 radical (unpaired) electrons. The summed E-state index contributed by atoms with van der Waals surface area (Å²) in [6.45, 7) is 0. The second kappa shape index (κ2) is 5.06. The Kier molecular flexibility index (Phi) is 3.21. The van der Waals surface area contributed by atoms with Crippen LogP contribution in [0.25, 0.3) is 0 Å². The monoisotopic (exact) mass is 304 g/mol. The van der Waals surface area contributed by atoms with E-state index in [0.29, 0.717) is 0 Å². The standard InChI is InChI=1S/C15H16N2OS2/c16-9-4-3-7-13-14(9)17-15(20-13)11-8-19-12-6-2-1-5-10(12)18-11/h1-2,5-6,9,11H,3-4,7-8,16H2. The van der Waals surface area contributed by atoms with Gasteiger partial charge < -0.3 is 10.5 Å². The number of benzene rings is 1. The molecular weight excluding hydrogens is 288 g/mol. The average molecular weight is 304 g/mol. The van der Waals surface area contributed by atoms with Crippen LogP contribution in [0.5, 0.6) is 5.75 Å². The fourth-order valence-corrected chi connectivity index (χ4v) is 5.05. The Hall–Kier alpha value is -1.04. The lowest BCUT2D eigenvalue weighted by Crippen LogP contribution is -2.17. The SMILES string of the molecule is NC1CCCc2sc(C3CSc4ccccc4O3)nc21. The molecule has 2 aromatic rings. The van der Waals surface area contributed by atoms with Crippen molar-refractivity contribution in [1.82, 2.24) is 4.98 Å². The number of para-hydroxylation sites is 1. The van der Waals surface area contributed by atoms with E-state index < -0.39 is 0 Å². The smallest absolute Gasteiger partial charge is 0.159 e. The van der Waals surface area contributed by atoms with Crippen LogP contribution in [0.15, 0.2) is 29.2 Å². The molecule has 1 aromatic carbocycles. The summed E-state index contributed by atoms with van der Waals surface area (Å²) in [5.74, 6) is 1.91. The van der Waals surface area contributed by atoms with Crippen molar-refractivity contribution in [2.45, 2.75) is 36.3 Å². The topological polar surface area (TPSA) is 48.1 Å². The summed E-state index contributed by atoms with van der Waals surface area (Å²) >= 11 is 3.64. The molecule has 0 bridgehead atoms. The number of hydrogen-bond donors (Lipinski definition) is 1. The van der Waals surface area contributed by atoms with Gasteiger partial charge in [-0.1, -0.05) is 12.1 Å². The molecule has 2 aliphatic rings. The molecule has 20 heavy (non-hydrogen) atoms. The first kappa shape index (κ1) is 12.7. The van der Waals surface area contributed by atoms with E-state index in [1.165, 1.54) is 16.2 Å². The molecular formula is C15H16N2OS2. The highest BCUT2D eigenvalue weighted by atomic mass is 32.2. The van der Waals surface area contributed by atoms with Gasteiger partial charge in [-0.2, -0.15) is 0 Å². The number of nitrogens with two attached hydrogens (primary N) is 1. The van der Waals surface area contributed by atoms with Crippen molar-refractivity contribution in [3.05, 3.63) is 39.8 Å². The van der Waals surface area contributed by atoms with Crippen LogP contribution in [0.2, 0.25) is 0 Å². The van der Waals surface area contributed by atoms with Gasteiger partial charge in [-0.3, -0.25) is 0 Å². The molecule has 0 saturated carbocycles. The van der Waals surface area contributed by atoms with Crippen LogP contribution in [0.3, 0.4) is 0 Å². The van der Waals surface area contributed by atoms with Gasteiger partial charge in [0.15, 0.2) is 6.10 Å². The molecule has 0 fully saturated rings. The molecule has 1 aromatic heterocycles. The number of ether oxygens (including phenoxy) is 1. The van der Waals surface area contributed by atoms with E-state index in [2.05, 4.69) is 12.1 Å². The van der Waals surface area contributed by atoms with Crippen molar-refractivity contribution in [3.63, 3.8) is 0 Å². The van der Waals surface area contributed by atoms with Gasteiger partial charge in [0.2, 0.25) is 0 Å². The third-order valence-corrected chi connectivity index (χ3v) is 6.14. The van der Waals surface area contributed by atoms with Crippen molar-refractivity contribution < 1.29 is 4.74 Å². The predicted octanol–water partition coefficient (Wildman–Crippen LogP) is 3.71. The van der Waals surface area contributed by atoms with Crippen molar-refractivity contribution in [2.24, 2.45) is 5.73 Å². The molecule has 2 atom stereocenters. The van der Waals surface area contributed by atoms with Gasteiger partial charge in [0.1, 0.15) is 10.8 Å². The molecule has 2 unspecified atom stereocenters. The first-order valence-electron chi connectivity index (χ1n) is 6.95. The zero-order valence-electron chi connectivity index (χ0n) is 11.0. The maximum Gasteiger partial charge on any atom is 0.159 e. The van der Waals surface area contributed by atoms with E-state index in [-0.39, 0.29) is 12.1 Å². The molecule has 4 rings (SSSR count). The van der Waals surface area contributed by atoms with Crippen molar-refractivity contribution >= 4 is 23.1 Å². The quantitative estimate of drug-likeness (QED) is 0.872. The fourth-order valence-electron chi connectivity index (χ4n) is 2.75. The minimum Gasteiger partial charge on any atom is -0.481 e. The second-order valence-electron chi connectivity index (χ2n) is 5.22. The predicted molar refractivity (Wildman–Crippen MR) is 82.5 cm³/mol. The summed E-state index contributed by atoms with van der Waals surface area (Å²) in [5.41, 5.74) is 7.28. The minimum absolute atomic E-state index is 0.0673. The maximum absolute atomic E-state index is 6.16. The lowest BCUT2D eigenvalue weighted by molar-refractivity contribution is 0.219. The second-order valence-corrected chi connectivity index (χ2v) is 7.40. The largest absolute Gasteiger partial charge is 0.481 e. The summed E-state index contributed by atoms with van der Waals surface area (Å²) in [4.78, 5) is 7.37. The van der Waals surface area contributed by atoms with Gasteiger partial charge >= 0.3 is 0 Å². The molecule has 0 spiro atoms. The minimum atomic E-state index is 0.0673. The molecule has 5 heteroatoms. The van der Waals surface area contributed by atoms with Crippen LogP contribution in [0.4, 0.5) is 0 Å². The first-order valence-corrected chi connectivity index (χ1v) is 8.75. The Labute approximate surface area is 126 Å². The molecule has 1 aliphatic carbocycles. The van der Waals surface area contributed by atoms with E-state index in [0.717, 1.165) is 35.0 Å². The van der Waals surface area contributed by atoms with E-state index >= 15 is 0 Å². The van der Waals surface area contributed by atoms with Gasteiger partial charge in [-0.05, 0) is 31.4 Å². The van der Waals surface area contributed by atoms with Crippen LogP contribution in [0.1, 0.15) is 40.6 Å². The zero-order valence-corrected chi connectivity index (χ0v) is 12.7. The maximum atomic E-state index is 6.16. The molecule has 3 nitrogen and oxygen atoms in total. The lowest BCUT2D eigenvalue weighted by atomic mass is 9.99. The van der Waals surface area contributed by atoms with E-state index in [9.17, 15) is 0 Å². The Morgan fingerprint density at radius 3 is 3.10 bits per heavy atom. The van der Waals surface area contributed by atoms with Crippen LogP contribution in [0, 0.1) is 0 Å². The summed E-state index contributed by atoms with van der Waals surface area (Å²) in [6, 6.07) is 8.33. The van der Waals surface area contributed by atoms with Gasteiger partial charge in [-0.25, -0.2) is 4.98 Å². The van der Waals surface area contributed by atoms with Crippen LogP contribution in [-0.2, 0) is 6.42 Å². The molecule has 2 N–H and O–H groups in total. The lowest BCUT2D eigenvalue weighted by Gasteiger charge is -2.23. The number of thioether (sulfide) groups is 1. The summed E-state index contributed by atoms with van der Waals surface area (Å²) in [7, 11) is 0. The summed E-state index contributed by atoms with van der Waals surface area (Å²) in [6.07, 6.45) is 3.42. The Balaban J connectivity index is 1.63. The zero-order chi connectivity index (χ0) is 13.5. The fraction of sp³-hybridized carbons (Fsp3) is 0.400. The third kappa shape index (κ3) is 2.14. The normalized spacial score (nSPS) is 24.6. The average Bonchev–Trinajstić information content (AvgIpc) is 2.92. The van der Waals surface area contributed by atoms with Crippen LogP contribution < -0.4 is 10.5 Å².